The van der Waals surface area contributed by atoms with E-state index in [0.717, 1.165) is 12.1 Å². The fourth-order valence-corrected chi connectivity index (χ4v) is 2.94. The molecule has 0 bridgehead atoms. The second kappa shape index (κ2) is 6.55. The molecular formula is C14H12F2N2OS. The van der Waals surface area contributed by atoms with Gasteiger partial charge in [0.1, 0.15) is 11.6 Å². The highest BCUT2D eigenvalue weighted by molar-refractivity contribution is 7.09. The molecule has 2 rings (SSSR count). The summed E-state index contributed by atoms with van der Waals surface area (Å²) in [6.07, 6.45) is 1.62. The Morgan fingerprint density at radius 1 is 1.35 bits per heavy atom. The Bertz CT molecular complexity index is 590. The Kier molecular flexibility index (Phi) is 4.77. The molecule has 0 unspecified atom stereocenters. The highest BCUT2D eigenvalue weighted by Crippen LogP contribution is 2.38. The van der Waals surface area contributed by atoms with E-state index in [1.165, 1.54) is 23.6 Å². The van der Waals surface area contributed by atoms with Crippen molar-refractivity contribution in [2.75, 3.05) is 6.61 Å². The summed E-state index contributed by atoms with van der Waals surface area (Å²) in [5.41, 5.74) is 1.41. The zero-order valence-corrected chi connectivity index (χ0v) is 11.3. The normalized spacial score (nSPS) is 13.7. The van der Waals surface area contributed by atoms with Gasteiger partial charge in [-0.05, 0) is 18.6 Å². The Labute approximate surface area is 119 Å². The van der Waals surface area contributed by atoms with E-state index in [9.17, 15) is 14.0 Å². The molecule has 1 aromatic carbocycles. The molecule has 6 heteroatoms. The quantitative estimate of drug-likeness (QED) is 0.921. The molecule has 0 aliphatic rings. The lowest BCUT2D eigenvalue weighted by molar-refractivity contribution is 0.269. The van der Waals surface area contributed by atoms with E-state index in [-0.39, 0.29) is 18.6 Å². The summed E-state index contributed by atoms with van der Waals surface area (Å²) in [5, 5.41) is 18.5. The molecule has 0 radical (unpaired) electrons. The van der Waals surface area contributed by atoms with E-state index in [4.69, 9.17) is 5.11 Å². The van der Waals surface area contributed by atoms with Crippen LogP contribution in [-0.2, 0) is 0 Å². The van der Waals surface area contributed by atoms with Gasteiger partial charge in [-0.25, -0.2) is 8.78 Å². The van der Waals surface area contributed by atoms with E-state index in [1.54, 1.807) is 5.51 Å². The monoisotopic (exact) mass is 294 g/mol. The number of aliphatic hydroxyl groups excluding tert-OH is 1. The van der Waals surface area contributed by atoms with E-state index in [2.05, 4.69) is 11.1 Å². The number of nitriles is 1. The molecule has 3 nitrogen and oxygen atoms in total. The molecule has 0 fully saturated rings. The van der Waals surface area contributed by atoms with Crippen molar-refractivity contribution in [1.29, 1.82) is 5.26 Å². The van der Waals surface area contributed by atoms with Crippen LogP contribution < -0.4 is 0 Å². The molecule has 1 N–H and O–H groups in total. The van der Waals surface area contributed by atoms with Gasteiger partial charge in [0.2, 0.25) is 0 Å². The van der Waals surface area contributed by atoms with Gasteiger partial charge in [0, 0.05) is 29.2 Å². The van der Waals surface area contributed by atoms with E-state index < -0.39 is 23.5 Å². The minimum atomic E-state index is -0.744. The molecule has 1 heterocycles. The third-order valence-corrected chi connectivity index (χ3v) is 3.97. The molecule has 104 valence electrons. The van der Waals surface area contributed by atoms with Gasteiger partial charge >= 0.3 is 0 Å². The number of nitrogens with zero attached hydrogens (tertiary/aromatic N) is 2. The van der Waals surface area contributed by atoms with Crippen LogP contribution in [-0.4, -0.2) is 16.7 Å². The van der Waals surface area contributed by atoms with Crippen LogP contribution in [0.1, 0.15) is 28.7 Å². The fourth-order valence-electron chi connectivity index (χ4n) is 2.21. The average molecular weight is 294 g/mol. The molecule has 2 atom stereocenters. The zero-order chi connectivity index (χ0) is 14.5. The van der Waals surface area contributed by atoms with Crippen LogP contribution in [0.4, 0.5) is 8.78 Å². The Morgan fingerprint density at radius 3 is 2.55 bits per heavy atom. The first-order valence-electron chi connectivity index (χ1n) is 6.01. The summed E-state index contributed by atoms with van der Waals surface area (Å²) < 4.78 is 27.8. The van der Waals surface area contributed by atoms with Gasteiger partial charge in [-0.3, -0.25) is 4.98 Å². The molecule has 0 saturated heterocycles. The number of rotatable bonds is 5. The Morgan fingerprint density at radius 2 is 2.05 bits per heavy atom. The van der Waals surface area contributed by atoms with Crippen molar-refractivity contribution in [2.45, 2.75) is 18.3 Å². The van der Waals surface area contributed by atoms with Gasteiger partial charge in [0.15, 0.2) is 0 Å². The molecule has 2 aromatic rings. The summed E-state index contributed by atoms with van der Waals surface area (Å²) in [5.74, 6) is -2.88. The molecular weight excluding hydrogens is 282 g/mol. The predicted molar refractivity (Wildman–Crippen MR) is 71.3 cm³/mol. The zero-order valence-electron chi connectivity index (χ0n) is 10.5. The summed E-state index contributed by atoms with van der Waals surface area (Å²) in [6, 6.07) is 5.66. The van der Waals surface area contributed by atoms with Crippen molar-refractivity contribution in [3.63, 3.8) is 0 Å². The van der Waals surface area contributed by atoms with Crippen molar-refractivity contribution in [3.8, 4) is 6.07 Å². The molecule has 0 aliphatic heterocycles. The second-order valence-electron chi connectivity index (χ2n) is 4.26. The van der Waals surface area contributed by atoms with Gasteiger partial charge in [-0.2, -0.15) is 5.26 Å². The number of thiazole rings is 1. The predicted octanol–water partition coefficient (Wildman–Crippen LogP) is 3.19. The van der Waals surface area contributed by atoms with Crippen molar-refractivity contribution in [1.82, 2.24) is 4.98 Å². The largest absolute Gasteiger partial charge is 0.396 e. The number of hydrogen-bond acceptors (Lipinski definition) is 4. The van der Waals surface area contributed by atoms with Crippen LogP contribution >= 0.6 is 11.3 Å². The molecule has 0 amide bonds. The highest BCUT2D eigenvalue weighted by atomic mass is 32.1. The molecule has 20 heavy (non-hydrogen) atoms. The maximum atomic E-state index is 13.9. The lowest BCUT2D eigenvalue weighted by atomic mass is 9.83. The topological polar surface area (TPSA) is 56.9 Å². The summed E-state index contributed by atoms with van der Waals surface area (Å²) >= 11 is 1.26. The van der Waals surface area contributed by atoms with Crippen molar-refractivity contribution in [2.24, 2.45) is 0 Å². The molecule has 0 aliphatic carbocycles. The number of aromatic nitrogens is 1. The molecule has 0 spiro atoms. The number of benzene rings is 1. The average Bonchev–Trinajstić information content (AvgIpc) is 2.93. The number of halogens is 2. The highest BCUT2D eigenvalue weighted by Gasteiger charge is 2.30. The minimum absolute atomic E-state index is 0.105. The Balaban J connectivity index is 2.48. The van der Waals surface area contributed by atoms with Crippen LogP contribution in [0.25, 0.3) is 0 Å². The molecule has 0 saturated carbocycles. The van der Waals surface area contributed by atoms with Crippen LogP contribution in [0.5, 0.6) is 0 Å². The van der Waals surface area contributed by atoms with Crippen molar-refractivity contribution < 1.29 is 13.9 Å². The SMILES string of the molecule is N#C[C@@H](c1cncs1)[C@@H](CCO)c1c(F)cccc1F. The van der Waals surface area contributed by atoms with Gasteiger partial charge in [0.05, 0.1) is 17.5 Å². The van der Waals surface area contributed by atoms with Gasteiger partial charge < -0.3 is 5.11 Å². The van der Waals surface area contributed by atoms with E-state index >= 15 is 0 Å². The third kappa shape index (κ3) is 2.84. The minimum Gasteiger partial charge on any atom is -0.396 e. The fraction of sp³-hybridized carbons (Fsp3) is 0.286. The van der Waals surface area contributed by atoms with E-state index in [1.807, 2.05) is 0 Å². The van der Waals surface area contributed by atoms with Gasteiger partial charge in [-0.15, -0.1) is 11.3 Å². The maximum Gasteiger partial charge on any atom is 0.129 e. The maximum absolute atomic E-state index is 13.9. The Hall–Kier alpha value is -1.84. The van der Waals surface area contributed by atoms with Crippen LogP contribution in [0, 0.1) is 23.0 Å². The lowest BCUT2D eigenvalue weighted by Gasteiger charge is -2.21. The smallest absolute Gasteiger partial charge is 0.129 e. The summed E-state index contributed by atoms with van der Waals surface area (Å²) in [6.45, 7) is -0.255. The lowest BCUT2D eigenvalue weighted by Crippen LogP contribution is -2.14. The second-order valence-corrected chi connectivity index (χ2v) is 5.18. The summed E-state index contributed by atoms with van der Waals surface area (Å²) in [7, 11) is 0. The first-order valence-corrected chi connectivity index (χ1v) is 6.89. The molecule has 1 aromatic heterocycles. The van der Waals surface area contributed by atoms with Crippen LogP contribution in [0.15, 0.2) is 29.9 Å². The standard InChI is InChI=1S/C14H12F2N2OS/c15-11-2-1-3-12(16)14(11)9(4-5-19)10(6-17)13-7-18-8-20-13/h1-3,7-10,19H,4-5H2/t9-,10-/m1/s1. The van der Waals surface area contributed by atoms with Crippen LogP contribution in [0.3, 0.4) is 0 Å². The van der Waals surface area contributed by atoms with Gasteiger partial charge in [0.25, 0.3) is 0 Å². The number of aliphatic hydroxyl groups is 1. The van der Waals surface area contributed by atoms with Crippen LogP contribution in [0.2, 0.25) is 0 Å². The number of hydrogen-bond donors (Lipinski definition) is 1. The van der Waals surface area contributed by atoms with Gasteiger partial charge in [-0.1, -0.05) is 6.07 Å². The first kappa shape index (κ1) is 14.6. The van der Waals surface area contributed by atoms with E-state index in [0.29, 0.717) is 4.88 Å². The van der Waals surface area contributed by atoms with Crippen molar-refractivity contribution in [3.05, 3.63) is 52.0 Å². The first-order chi connectivity index (χ1) is 9.69. The third-order valence-electron chi connectivity index (χ3n) is 3.11. The van der Waals surface area contributed by atoms with Crippen molar-refractivity contribution >= 4 is 11.3 Å². The summed E-state index contributed by atoms with van der Waals surface area (Å²) in [4.78, 5) is 4.52.